The fourth-order valence-electron chi connectivity index (χ4n) is 0.827. The molecule has 50 valence electrons. The first-order valence-electron chi connectivity index (χ1n) is 3.07. The fraction of sp³-hybridized carbons (Fsp3) is 0.571. The van der Waals surface area contributed by atoms with Gasteiger partial charge in [-0.25, -0.2) is 0 Å². The Balaban J connectivity index is 2.70. The highest BCUT2D eigenvalue weighted by molar-refractivity contribution is 9.09. The van der Waals surface area contributed by atoms with Crippen molar-refractivity contribution in [1.82, 2.24) is 0 Å². The Morgan fingerprint density at radius 2 is 2.33 bits per heavy atom. The predicted molar refractivity (Wildman–Crippen MR) is 44.4 cm³/mol. The molecule has 0 amide bonds. The molecule has 0 aromatic rings. The fourth-order valence-corrected chi connectivity index (χ4v) is 1.10. The van der Waals surface area contributed by atoms with E-state index in [2.05, 4.69) is 33.9 Å². The Morgan fingerprint density at radius 1 is 1.67 bits per heavy atom. The van der Waals surface area contributed by atoms with Gasteiger partial charge in [-0.3, -0.25) is 4.99 Å². The van der Waals surface area contributed by atoms with E-state index in [1.807, 2.05) is 13.0 Å². The molecule has 1 aliphatic heterocycles. The first-order chi connectivity index (χ1) is 4.20. The molecule has 0 fully saturated rings. The standard InChI is InChI=1S/C7H10BrN/c1-5-3-4-7(8)6(2)9-5/h3-4,6-7H,1-2H3. The smallest absolute Gasteiger partial charge is 0.0634 e. The van der Waals surface area contributed by atoms with Crippen LogP contribution >= 0.6 is 15.9 Å². The second-order valence-electron chi connectivity index (χ2n) is 2.31. The zero-order valence-corrected chi connectivity index (χ0v) is 7.22. The van der Waals surface area contributed by atoms with Crippen molar-refractivity contribution < 1.29 is 0 Å². The van der Waals surface area contributed by atoms with Crippen molar-refractivity contribution in [3.63, 3.8) is 0 Å². The Hall–Kier alpha value is -0.110. The van der Waals surface area contributed by atoms with Crippen molar-refractivity contribution in [2.75, 3.05) is 0 Å². The number of alkyl halides is 1. The number of halogens is 1. The van der Waals surface area contributed by atoms with E-state index in [-0.39, 0.29) is 0 Å². The first-order valence-corrected chi connectivity index (χ1v) is 3.98. The van der Waals surface area contributed by atoms with Crippen molar-refractivity contribution in [1.29, 1.82) is 0 Å². The van der Waals surface area contributed by atoms with Crippen molar-refractivity contribution >= 4 is 21.6 Å². The van der Waals surface area contributed by atoms with E-state index in [1.165, 1.54) is 0 Å². The SMILES string of the molecule is CC1=NC(C)C(Br)C=C1. The molecule has 0 bridgehead atoms. The number of rotatable bonds is 0. The van der Waals surface area contributed by atoms with Crippen LogP contribution in [0.3, 0.4) is 0 Å². The molecular weight excluding hydrogens is 178 g/mol. The zero-order chi connectivity index (χ0) is 6.85. The third-order valence-corrected chi connectivity index (χ3v) is 2.46. The summed E-state index contributed by atoms with van der Waals surface area (Å²) in [6.45, 7) is 4.12. The minimum Gasteiger partial charge on any atom is -0.286 e. The molecule has 1 rings (SSSR count). The summed E-state index contributed by atoms with van der Waals surface area (Å²) in [6, 6.07) is 0.398. The highest BCUT2D eigenvalue weighted by Crippen LogP contribution is 2.14. The predicted octanol–water partition coefficient (Wildman–Crippen LogP) is 2.17. The van der Waals surface area contributed by atoms with Crippen LogP contribution in [0.1, 0.15) is 13.8 Å². The van der Waals surface area contributed by atoms with E-state index in [9.17, 15) is 0 Å². The lowest BCUT2D eigenvalue weighted by molar-refractivity contribution is 0.774. The maximum absolute atomic E-state index is 4.35. The molecule has 1 nitrogen and oxygen atoms in total. The molecule has 0 aliphatic carbocycles. The van der Waals surface area contributed by atoms with Crippen molar-refractivity contribution in [3.05, 3.63) is 12.2 Å². The monoisotopic (exact) mass is 187 g/mol. The van der Waals surface area contributed by atoms with Gasteiger partial charge in [0.05, 0.1) is 10.9 Å². The lowest BCUT2D eigenvalue weighted by Crippen LogP contribution is -2.17. The molecule has 0 N–H and O–H groups in total. The molecule has 2 unspecified atom stereocenters. The van der Waals surface area contributed by atoms with Crippen LogP contribution in [0.15, 0.2) is 17.1 Å². The van der Waals surface area contributed by atoms with Crippen LogP contribution in [0.2, 0.25) is 0 Å². The maximum atomic E-state index is 4.35. The Labute approximate surface area is 64.0 Å². The number of nitrogens with zero attached hydrogens (tertiary/aromatic N) is 1. The molecule has 2 atom stereocenters. The molecule has 0 radical (unpaired) electrons. The van der Waals surface area contributed by atoms with E-state index in [4.69, 9.17) is 0 Å². The van der Waals surface area contributed by atoms with Crippen molar-refractivity contribution in [2.24, 2.45) is 4.99 Å². The van der Waals surface area contributed by atoms with Crippen LogP contribution < -0.4 is 0 Å². The van der Waals surface area contributed by atoms with Crippen LogP contribution in [0.4, 0.5) is 0 Å². The lowest BCUT2D eigenvalue weighted by atomic mass is 10.1. The average Bonchev–Trinajstić information content (AvgIpc) is 1.80. The zero-order valence-electron chi connectivity index (χ0n) is 5.63. The summed E-state index contributed by atoms with van der Waals surface area (Å²) in [7, 11) is 0. The minimum atomic E-state index is 0.398. The second kappa shape index (κ2) is 2.65. The van der Waals surface area contributed by atoms with Crippen molar-refractivity contribution in [2.45, 2.75) is 24.7 Å². The summed E-state index contributed by atoms with van der Waals surface area (Å²) >= 11 is 3.49. The average molecular weight is 188 g/mol. The van der Waals surface area contributed by atoms with Crippen LogP contribution in [-0.4, -0.2) is 16.6 Å². The first kappa shape index (κ1) is 7.00. The van der Waals surface area contributed by atoms with Gasteiger partial charge in [0.15, 0.2) is 0 Å². The third kappa shape index (κ3) is 1.65. The van der Waals surface area contributed by atoms with Gasteiger partial charge >= 0.3 is 0 Å². The molecule has 9 heavy (non-hydrogen) atoms. The van der Waals surface area contributed by atoms with Gasteiger partial charge in [0.25, 0.3) is 0 Å². The Morgan fingerprint density at radius 3 is 2.78 bits per heavy atom. The molecule has 0 aromatic heterocycles. The van der Waals surface area contributed by atoms with E-state index in [0.29, 0.717) is 10.9 Å². The molecular formula is C7H10BrN. The van der Waals surface area contributed by atoms with Gasteiger partial charge in [-0.1, -0.05) is 22.0 Å². The quantitative estimate of drug-likeness (QED) is 0.516. The molecule has 0 aromatic carbocycles. The summed E-state index contributed by atoms with van der Waals surface area (Å²) in [4.78, 5) is 4.78. The topological polar surface area (TPSA) is 12.4 Å². The number of aliphatic imine (C=N–C) groups is 1. The van der Waals surface area contributed by atoms with Crippen LogP contribution in [0.25, 0.3) is 0 Å². The number of hydrogen-bond donors (Lipinski definition) is 0. The summed E-state index contributed by atoms with van der Waals surface area (Å²) < 4.78 is 0. The normalized spacial score (nSPS) is 34.3. The van der Waals surface area contributed by atoms with Gasteiger partial charge in [-0.05, 0) is 19.9 Å². The molecule has 0 spiro atoms. The maximum Gasteiger partial charge on any atom is 0.0634 e. The highest BCUT2D eigenvalue weighted by atomic mass is 79.9. The number of hydrogen-bond acceptors (Lipinski definition) is 1. The highest BCUT2D eigenvalue weighted by Gasteiger charge is 2.11. The second-order valence-corrected chi connectivity index (χ2v) is 3.37. The number of dihydropyridines is 1. The summed E-state index contributed by atoms with van der Waals surface area (Å²) in [5.74, 6) is 0. The molecule has 0 saturated carbocycles. The third-order valence-electron chi connectivity index (χ3n) is 1.39. The summed E-state index contributed by atoms with van der Waals surface area (Å²) in [5, 5.41) is 0. The summed E-state index contributed by atoms with van der Waals surface area (Å²) in [6.07, 6.45) is 4.17. The largest absolute Gasteiger partial charge is 0.286 e. The van der Waals surface area contributed by atoms with E-state index >= 15 is 0 Å². The van der Waals surface area contributed by atoms with Gasteiger partial charge in [0, 0.05) is 5.71 Å². The van der Waals surface area contributed by atoms with Gasteiger partial charge in [-0.2, -0.15) is 0 Å². The van der Waals surface area contributed by atoms with Gasteiger partial charge in [0.2, 0.25) is 0 Å². The van der Waals surface area contributed by atoms with Gasteiger partial charge in [-0.15, -0.1) is 0 Å². The minimum absolute atomic E-state index is 0.398. The van der Waals surface area contributed by atoms with E-state index < -0.39 is 0 Å². The Kier molecular flexibility index (Phi) is 2.06. The van der Waals surface area contributed by atoms with Crippen molar-refractivity contribution in [3.8, 4) is 0 Å². The molecule has 0 saturated heterocycles. The number of allylic oxidation sites excluding steroid dienone is 1. The Bertz CT molecular complexity index is 160. The van der Waals surface area contributed by atoms with Crippen LogP contribution in [0, 0.1) is 0 Å². The van der Waals surface area contributed by atoms with Crippen LogP contribution in [-0.2, 0) is 0 Å². The molecule has 1 aliphatic rings. The van der Waals surface area contributed by atoms with Gasteiger partial charge < -0.3 is 0 Å². The summed E-state index contributed by atoms with van der Waals surface area (Å²) in [5.41, 5.74) is 1.12. The lowest BCUT2D eigenvalue weighted by Gasteiger charge is -2.14. The molecule has 1 heterocycles. The van der Waals surface area contributed by atoms with E-state index in [1.54, 1.807) is 0 Å². The van der Waals surface area contributed by atoms with E-state index in [0.717, 1.165) is 5.71 Å². The molecule has 2 heteroatoms. The van der Waals surface area contributed by atoms with Gasteiger partial charge in [0.1, 0.15) is 0 Å². The van der Waals surface area contributed by atoms with Crippen LogP contribution in [0.5, 0.6) is 0 Å².